The lowest BCUT2D eigenvalue weighted by atomic mass is 9.93. The van der Waals surface area contributed by atoms with E-state index < -0.39 is 0 Å². The summed E-state index contributed by atoms with van der Waals surface area (Å²) >= 11 is 0. The van der Waals surface area contributed by atoms with Crippen LogP contribution >= 0.6 is 0 Å². The third-order valence-corrected chi connectivity index (χ3v) is 6.13. The van der Waals surface area contributed by atoms with Crippen molar-refractivity contribution in [2.24, 2.45) is 11.8 Å². The molecule has 3 fully saturated rings. The van der Waals surface area contributed by atoms with Crippen LogP contribution in [0.4, 0.5) is 5.82 Å². The molecule has 6 nitrogen and oxygen atoms in total. The molecular weight excluding hydrogens is 340 g/mol. The van der Waals surface area contributed by atoms with E-state index in [2.05, 4.69) is 14.8 Å². The van der Waals surface area contributed by atoms with E-state index in [1.807, 2.05) is 29.3 Å². The molecule has 0 aromatic carbocycles. The molecular formula is C21H30N4O2. The normalized spacial score (nSPS) is 23.4. The zero-order valence-corrected chi connectivity index (χ0v) is 16.1. The first-order valence-corrected chi connectivity index (χ1v) is 10.4. The smallest absolute Gasteiger partial charge is 0.225 e. The molecule has 1 aromatic heterocycles. The van der Waals surface area contributed by atoms with Gasteiger partial charge >= 0.3 is 0 Å². The van der Waals surface area contributed by atoms with Gasteiger partial charge in [-0.2, -0.15) is 0 Å². The van der Waals surface area contributed by atoms with Crippen molar-refractivity contribution in [3.8, 4) is 0 Å². The zero-order chi connectivity index (χ0) is 18.6. The van der Waals surface area contributed by atoms with Crippen LogP contribution in [-0.2, 0) is 9.59 Å². The zero-order valence-electron chi connectivity index (χ0n) is 16.1. The van der Waals surface area contributed by atoms with E-state index in [4.69, 9.17) is 0 Å². The molecule has 0 N–H and O–H groups in total. The van der Waals surface area contributed by atoms with Crippen molar-refractivity contribution in [1.29, 1.82) is 0 Å². The van der Waals surface area contributed by atoms with Gasteiger partial charge in [-0.25, -0.2) is 4.98 Å². The summed E-state index contributed by atoms with van der Waals surface area (Å²) in [4.78, 5) is 35.6. The SMILES string of the molecule is O=C(CCC1CCCN(C(=O)C2CC2)C1)N1CCN(c2ccccn2)CC1. The van der Waals surface area contributed by atoms with Gasteiger partial charge in [0, 0.05) is 57.8 Å². The maximum Gasteiger partial charge on any atom is 0.225 e. The summed E-state index contributed by atoms with van der Waals surface area (Å²) in [7, 11) is 0. The van der Waals surface area contributed by atoms with E-state index in [9.17, 15) is 9.59 Å². The lowest BCUT2D eigenvalue weighted by molar-refractivity contribution is -0.134. The highest BCUT2D eigenvalue weighted by molar-refractivity contribution is 5.81. The summed E-state index contributed by atoms with van der Waals surface area (Å²) in [6, 6.07) is 5.95. The summed E-state index contributed by atoms with van der Waals surface area (Å²) in [6.45, 7) is 5.00. The number of rotatable bonds is 5. The fourth-order valence-corrected chi connectivity index (χ4v) is 4.30. The fourth-order valence-electron chi connectivity index (χ4n) is 4.30. The van der Waals surface area contributed by atoms with Crippen molar-refractivity contribution in [1.82, 2.24) is 14.8 Å². The Kier molecular flexibility index (Phi) is 5.60. The van der Waals surface area contributed by atoms with E-state index in [1.165, 1.54) is 0 Å². The number of hydrogen-bond acceptors (Lipinski definition) is 4. The van der Waals surface area contributed by atoms with Gasteiger partial charge in [-0.05, 0) is 50.2 Å². The number of nitrogens with zero attached hydrogens (tertiary/aromatic N) is 4. The van der Waals surface area contributed by atoms with Crippen LogP contribution in [0.3, 0.4) is 0 Å². The van der Waals surface area contributed by atoms with Crippen LogP contribution in [-0.4, -0.2) is 65.9 Å². The Balaban J connectivity index is 1.20. The topological polar surface area (TPSA) is 56.8 Å². The Morgan fingerprint density at radius 2 is 1.81 bits per heavy atom. The molecule has 1 saturated carbocycles. The van der Waals surface area contributed by atoms with Crippen LogP contribution in [0.1, 0.15) is 38.5 Å². The molecule has 1 aromatic rings. The van der Waals surface area contributed by atoms with Gasteiger partial charge in [0.05, 0.1) is 0 Å². The van der Waals surface area contributed by atoms with E-state index in [1.54, 1.807) is 0 Å². The molecule has 6 heteroatoms. The number of amides is 2. The standard InChI is InChI=1S/C21H30N4O2/c26-20(24-14-12-23(13-15-24)19-5-1-2-10-22-19)9-6-17-4-3-11-25(16-17)21(27)18-7-8-18/h1-2,5,10,17-18H,3-4,6-9,11-16H2. The molecule has 27 heavy (non-hydrogen) atoms. The minimum atomic E-state index is 0.265. The Hall–Kier alpha value is -2.11. The number of likely N-dealkylation sites (tertiary alicyclic amines) is 1. The lowest BCUT2D eigenvalue weighted by Gasteiger charge is -2.36. The second kappa shape index (κ2) is 8.28. The van der Waals surface area contributed by atoms with Crippen molar-refractivity contribution >= 4 is 17.6 Å². The molecule has 2 aliphatic heterocycles. The van der Waals surface area contributed by atoms with E-state index >= 15 is 0 Å². The van der Waals surface area contributed by atoms with Crippen LogP contribution in [0.2, 0.25) is 0 Å². The van der Waals surface area contributed by atoms with Crippen molar-refractivity contribution in [3.05, 3.63) is 24.4 Å². The van der Waals surface area contributed by atoms with Crippen LogP contribution in [0.25, 0.3) is 0 Å². The van der Waals surface area contributed by atoms with Gasteiger partial charge in [0.15, 0.2) is 0 Å². The molecule has 1 aliphatic carbocycles. The highest BCUT2D eigenvalue weighted by Crippen LogP contribution is 2.33. The number of piperazine rings is 1. The van der Waals surface area contributed by atoms with Crippen LogP contribution < -0.4 is 4.90 Å². The number of piperidine rings is 1. The molecule has 2 saturated heterocycles. The third-order valence-electron chi connectivity index (χ3n) is 6.13. The van der Waals surface area contributed by atoms with Crippen LogP contribution in [0.5, 0.6) is 0 Å². The first-order valence-electron chi connectivity index (χ1n) is 10.4. The Morgan fingerprint density at radius 3 is 2.52 bits per heavy atom. The molecule has 3 heterocycles. The minimum absolute atomic E-state index is 0.265. The second-order valence-corrected chi connectivity index (χ2v) is 8.16. The Bertz CT molecular complexity index is 653. The van der Waals surface area contributed by atoms with Gasteiger partial charge in [-0.1, -0.05) is 6.07 Å². The summed E-state index contributed by atoms with van der Waals surface area (Å²) in [5.74, 6) is 2.41. The Morgan fingerprint density at radius 1 is 1.00 bits per heavy atom. The Labute approximate surface area is 161 Å². The third kappa shape index (κ3) is 4.60. The maximum absolute atomic E-state index is 12.6. The molecule has 3 aliphatic rings. The van der Waals surface area contributed by atoms with Gasteiger partial charge in [0.2, 0.25) is 11.8 Å². The number of aromatic nitrogens is 1. The molecule has 0 bridgehead atoms. The summed E-state index contributed by atoms with van der Waals surface area (Å²) in [5.41, 5.74) is 0. The number of pyridine rings is 1. The average molecular weight is 370 g/mol. The molecule has 4 rings (SSSR count). The van der Waals surface area contributed by atoms with Gasteiger partial charge in [-0.3, -0.25) is 9.59 Å². The van der Waals surface area contributed by atoms with Crippen molar-refractivity contribution < 1.29 is 9.59 Å². The van der Waals surface area contributed by atoms with Gasteiger partial charge in [0.1, 0.15) is 5.82 Å². The lowest BCUT2D eigenvalue weighted by Crippen LogP contribution is -2.49. The minimum Gasteiger partial charge on any atom is -0.353 e. The first kappa shape index (κ1) is 18.3. The monoisotopic (exact) mass is 370 g/mol. The molecule has 0 spiro atoms. The summed E-state index contributed by atoms with van der Waals surface area (Å²) in [5, 5.41) is 0. The number of hydrogen-bond donors (Lipinski definition) is 0. The largest absolute Gasteiger partial charge is 0.353 e. The fraction of sp³-hybridized carbons (Fsp3) is 0.667. The summed E-state index contributed by atoms with van der Waals surface area (Å²) < 4.78 is 0. The summed E-state index contributed by atoms with van der Waals surface area (Å²) in [6.07, 6.45) is 7.71. The van der Waals surface area contributed by atoms with E-state index in [0.29, 0.717) is 24.2 Å². The highest BCUT2D eigenvalue weighted by atomic mass is 16.2. The molecule has 1 unspecified atom stereocenters. The van der Waals surface area contributed by atoms with Crippen LogP contribution in [0, 0.1) is 11.8 Å². The molecule has 2 amide bonds. The maximum atomic E-state index is 12.6. The predicted octanol–water partition coefficient (Wildman–Crippen LogP) is 2.16. The molecule has 146 valence electrons. The highest BCUT2D eigenvalue weighted by Gasteiger charge is 2.35. The quantitative estimate of drug-likeness (QED) is 0.797. The van der Waals surface area contributed by atoms with Gasteiger partial charge < -0.3 is 14.7 Å². The van der Waals surface area contributed by atoms with E-state index in [-0.39, 0.29) is 5.91 Å². The van der Waals surface area contributed by atoms with Crippen molar-refractivity contribution in [2.75, 3.05) is 44.2 Å². The number of carbonyl (C=O) groups is 2. The van der Waals surface area contributed by atoms with Crippen LogP contribution in [0.15, 0.2) is 24.4 Å². The van der Waals surface area contributed by atoms with Crippen molar-refractivity contribution in [2.45, 2.75) is 38.5 Å². The number of carbonyl (C=O) groups excluding carboxylic acids is 2. The van der Waals surface area contributed by atoms with Crippen molar-refractivity contribution in [3.63, 3.8) is 0 Å². The van der Waals surface area contributed by atoms with E-state index in [0.717, 1.165) is 77.2 Å². The molecule has 1 atom stereocenters. The second-order valence-electron chi connectivity index (χ2n) is 8.16. The number of anilines is 1. The molecule has 0 radical (unpaired) electrons. The van der Waals surface area contributed by atoms with Gasteiger partial charge in [0.25, 0.3) is 0 Å². The van der Waals surface area contributed by atoms with Gasteiger partial charge in [-0.15, -0.1) is 0 Å². The predicted molar refractivity (Wildman–Crippen MR) is 104 cm³/mol. The average Bonchev–Trinajstić information content (AvgIpc) is 3.58. The first-order chi connectivity index (χ1) is 13.2.